The Bertz CT molecular complexity index is 270. The molecule has 1 rings (SSSR count). The molecule has 0 saturated carbocycles. The Morgan fingerprint density at radius 2 is 1.85 bits per heavy atom. The van der Waals surface area contributed by atoms with Crippen LogP contribution >= 0.6 is 12.6 Å². The van der Waals surface area contributed by atoms with Gasteiger partial charge in [-0.15, -0.1) is 0 Å². The molecule has 0 aliphatic heterocycles. The second-order valence-electron chi connectivity index (χ2n) is 3.41. The molecule has 0 aliphatic rings. The second kappa shape index (κ2) is 5.13. The zero-order chi connectivity index (χ0) is 9.68. The van der Waals surface area contributed by atoms with Crippen LogP contribution in [0.25, 0.3) is 6.08 Å². The molecule has 0 spiro atoms. The Morgan fingerprint density at radius 1 is 1.23 bits per heavy atom. The van der Waals surface area contributed by atoms with E-state index in [2.05, 4.69) is 56.8 Å². The average molecular weight is 192 g/mol. The van der Waals surface area contributed by atoms with Gasteiger partial charge in [0.05, 0.1) is 0 Å². The molecule has 0 unspecified atom stereocenters. The van der Waals surface area contributed by atoms with Gasteiger partial charge in [0.2, 0.25) is 0 Å². The zero-order valence-electron chi connectivity index (χ0n) is 8.20. The first kappa shape index (κ1) is 10.4. The maximum atomic E-state index is 4.12. The minimum absolute atomic E-state index is 0.614. The molecular weight excluding hydrogens is 176 g/mol. The molecule has 0 fully saturated rings. The summed E-state index contributed by atoms with van der Waals surface area (Å²) in [5, 5.41) is 0. The van der Waals surface area contributed by atoms with Crippen LogP contribution in [0.2, 0.25) is 0 Å². The van der Waals surface area contributed by atoms with E-state index in [-0.39, 0.29) is 0 Å². The predicted octanol–water partition coefficient (Wildman–Crippen LogP) is 3.75. The van der Waals surface area contributed by atoms with Crippen LogP contribution in [0, 0.1) is 0 Å². The highest BCUT2D eigenvalue weighted by atomic mass is 32.1. The van der Waals surface area contributed by atoms with Crippen LogP contribution in [0.1, 0.15) is 30.9 Å². The van der Waals surface area contributed by atoms with Gasteiger partial charge >= 0.3 is 0 Å². The van der Waals surface area contributed by atoms with E-state index in [0.29, 0.717) is 5.92 Å². The highest BCUT2D eigenvalue weighted by molar-refractivity contribution is 7.80. The second-order valence-corrected chi connectivity index (χ2v) is 3.77. The predicted molar refractivity (Wildman–Crippen MR) is 63.4 cm³/mol. The molecule has 70 valence electrons. The van der Waals surface area contributed by atoms with Gasteiger partial charge in [0.15, 0.2) is 0 Å². The molecule has 0 aromatic heterocycles. The van der Waals surface area contributed by atoms with Crippen LogP contribution in [0.5, 0.6) is 0 Å². The molecule has 0 amide bonds. The van der Waals surface area contributed by atoms with E-state index in [4.69, 9.17) is 0 Å². The van der Waals surface area contributed by atoms with Crippen LogP contribution < -0.4 is 0 Å². The van der Waals surface area contributed by atoms with Gasteiger partial charge in [-0.3, -0.25) is 0 Å². The Balaban J connectivity index is 2.75. The Kier molecular flexibility index (Phi) is 4.10. The van der Waals surface area contributed by atoms with Crippen LogP contribution in [0.3, 0.4) is 0 Å². The van der Waals surface area contributed by atoms with Gasteiger partial charge in [-0.25, -0.2) is 0 Å². The lowest BCUT2D eigenvalue weighted by Gasteiger charge is -2.04. The molecule has 0 N–H and O–H groups in total. The van der Waals surface area contributed by atoms with E-state index < -0.39 is 0 Å². The fraction of sp³-hybridized carbons (Fsp3) is 0.333. The minimum atomic E-state index is 0.614. The van der Waals surface area contributed by atoms with Crippen molar-refractivity contribution in [2.75, 3.05) is 5.75 Å². The van der Waals surface area contributed by atoms with E-state index in [1.165, 1.54) is 11.1 Å². The summed E-state index contributed by atoms with van der Waals surface area (Å²) in [5.74, 6) is 1.41. The van der Waals surface area contributed by atoms with Gasteiger partial charge in [-0.1, -0.05) is 50.3 Å². The Hall–Kier alpha value is -0.690. The van der Waals surface area contributed by atoms with Crippen molar-refractivity contribution in [3.63, 3.8) is 0 Å². The fourth-order valence-electron chi connectivity index (χ4n) is 1.18. The SMILES string of the molecule is CC(C)c1ccc(C=CCS)cc1. The van der Waals surface area contributed by atoms with Gasteiger partial charge in [-0.2, -0.15) is 12.6 Å². The van der Waals surface area contributed by atoms with Gasteiger partial charge < -0.3 is 0 Å². The van der Waals surface area contributed by atoms with E-state index in [0.717, 1.165) is 5.75 Å². The number of benzene rings is 1. The van der Waals surface area contributed by atoms with Crippen LogP contribution in [-0.2, 0) is 0 Å². The van der Waals surface area contributed by atoms with Crippen molar-refractivity contribution < 1.29 is 0 Å². The molecule has 1 aromatic rings. The van der Waals surface area contributed by atoms with Gasteiger partial charge in [0, 0.05) is 5.75 Å². The standard InChI is InChI=1S/C12H16S/c1-10(2)12-7-5-11(6-8-12)4-3-9-13/h3-8,10,13H,9H2,1-2H3. The third-order valence-corrected chi connectivity index (χ3v) is 2.23. The van der Waals surface area contributed by atoms with Crippen LogP contribution in [0.4, 0.5) is 0 Å². The number of hydrogen-bond donors (Lipinski definition) is 1. The third-order valence-electron chi connectivity index (χ3n) is 2.02. The molecule has 0 saturated heterocycles. The monoisotopic (exact) mass is 192 g/mol. The molecule has 13 heavy (non-hydrogen) atoms. The summed E-state index contributed by atoms with van der Waals surface area (Å²) in [6.45, 7) is 4.41. The maximum Gasteiger partial charge on any atom is 0.00858 e. The molecule has 0 aliphatic carbocycles. The average Bonchev–Trinajstić information content (AvgIpc) is 2.15. The Labute approximate surface area is 86.1 Å². The smallest absolute Gasteiger partial charge is 0.00858 e. The quantitative estimate of drug-likeness (QED) is 0.693. The molecule has 1 aromatic carbocycles. The summed E-state index contributed by atoms with van der Waals surface area (Å²) in [6, 6.07) is 8.66. The summed E-state index contributed by atoms with van der Waals surface area (Å²) >= 11 is 4.12. The molecule has 0 nitrogen and oxygen atoms in total. The van der Waals surface area contributed by atoms with Gasteiger partial charge in [0.25, 0.3) is 0 Å². The molecule has 0 bridgehead atoms. The summed E-state index contributed by atoms with van der Waals surface area (Å²) in [6.07, 6.45) is 4.14. The lowest BCUT2D eigenvalue weighted by atomic mass is 10.0. The van der Waals surface area contributed by atoms with Gasteiger partial charge in [-0.05, 0) is 17.0 Å². The van der Waals surface area contributed by atoms with E-state index >= 15 is 0 Å². The van der Waals surface area contributed by atoms with Crippen molar-refractivity contribution in [3.05, 3.63) is 41.5 Å². The lowest BCUT2D eigenvalue weighted by Crippen LogP contribution is -1.85. The van der Waals surface area contributed by atoms with E-state index in [9.17, 15) is 0 Å². The summed E-state index contributed by atoms with van der Waals surface area (Å²) in [7, 11) is 0. The Morgan fingerprint density at radius 3 is 2.31 bits per heavy atom. The van der Waals surface area contributed by atoms with Crippen molar-refractivity contribution in [2.45, 2.75) is 19.8 Å². The molecule has 0 heterocycles. The fourth-order valence-corrected chi connectivity index (χ4v) is 1.29. The minimum Gasteiger partial charge on any atom is -0.175 e. The largest absolute Gasteiger partial charge is 0.175 e. The maximum absolute atomic E-state index is 4.12. The number of thiol groups is 1. The third kappa shape index (κ3) is 3.27. The van der Waals surface area contributed by atoms with Crippen molar-refractivity contribution in [1.29, 1.82) is 0 Å². The highest BCUT2D eigenvalue weighted by Gasteiger charge is 1.96. The topological polar surface area (TPSA) is 0 Å². The highest BCUT2D eigenvalue weighted by Crippen LogP contribution is 2.15. The summed E-state index contributed by atoms with van der Waals surface area (Å²) in [5.41, 5.74) is 2.64. The zero-order valence-corrected chi connectivity index (χ0v) is 9.09. The normalized spacial score (nSPS) is 11.4. The summed E-state index contributed by atoms with van der Waals surface area (Å²) in [4.78, 5) is 0. The van der Waals surface area contributed by atoms with E-state index in [1.807, 2.05) is 6.08 Å². The number of rotatable bonds is 3. The van der Waals surface area contributed by atoms with E-state index in [1.54, 1.807) is 0 Å². The lowest BCUT2D eigenvalue weighted by molar-refractivity contribution is 0.866. The van der Waals surface area contributed by atoms with Gasteiger partial charge in [0.1, 0.15) is 0 Å². The first-order chi connectivity index (χ1) is 6.24. The molecule has 0 radical (unpaired) electrons. The van der Waals surface area contributed by atoms with Crippen LogP contribution in [0.15, 0.2) is 30.3 Å². The molecule has 0 atom stereocenters. The first-order valence-electron chi connectivity index (χ1n) is 4.61. The van der Waals surface area contributed by atoms with Crippen molar-refractivity contribution >= 4 is 18.7 Å². The van der Waals surface area contributed by atoms with Crippen molar-refractivity contribution in [1.82, 2.24) is 0 Å². The first-order valence-corrected chi connectivity index (χ1v) is 5.24. The number of hydrogen-bond acceptors (Lipinski definition) is 1. The van der Waals surface area contributed by atoms with Crippen LogP contribution in [-0.4, -0.2) is 5.75 Å². The van der Waals surface area contributed by atoms with Crippen molar-refractivity contribution in [2.24, 2.45) is 0 Å². The summed E-state index contributed by atoms with van der Waals surface area (Å²) < 4.78 is 0. The molecule has 1 heteroatoms. The van der Waals surface area contributed by atoms with Crippen molar-refractivity contribution in [3.8, 4) is 0 Å². The molecular formula is C12H16S.